The molecule has 5 rings (SSSR count). The first-order valence-electron chi connectivity index (χ1n) is 9.04. The molecule has 0 aromatic carbocycles. The Hall–Kier alpha value is -0.790. The molecular formula is C19H27NO. The van der Waals surface area contributed by atoms with Crippen molar-refractivity contribution in [2.75, 3.05) is 6.54 Å². The zero-order chi connectivity index (χ0) is 14.4. The number of carbonyl (C=O) groups excluding carboxylic acids is 1. The van der Waals surface area contributed by atoms with Gasteiger partial charge in [-0.3, -0.25) is 4.79 Å². The number of hydrogen-bond donors (Lipinski definition) is 1. The minimum absolute atomic E-state index is 0.0550. The van der Waals surface area contributed by atoms with Gasteiger partial charge in [-0.2, -0.15) is 0 Å². The average molecular weight is 285 g/mol. The van der Waals surface area contributed by atoms with Crippen molar-refractivity contribution in [3.05, 3.63) is 11.6 Å². The van der Waals surface area contributed by atoms with Gasteiger partial charge in [0.2, 0.25) is 5.91 Å². The molecular weight excluding hydrogens is 258 g/mol. The summed E-state index contributed by atoms with van der Waals surface area (Å²) in [5.74, 6) is 4.41. The number of rotatable bonds is 0. The summed E-state index contributed by atoms with van der Waals surface area (Å²) in [5.41, 5.74) is 2.24. The van der Waals surface area contributed by atoms with E-state index in [0.717, 1.165) is 36.6 Å². The summed E-state index contributed by atoms with van der Waals surface area (Å²) in [7, 11) is 0. The van der Waals surface area contributed by atoms with Crippen LogP contribution in [0.3, 0.4) is 0 Å². The van der Waals surface area contributed by atoms with Crippen LogP contribution in [0.4, 0.5) is 0 Å². The molecule has 0 unspecified atom stereocenters. The maximum atomic E-state index is 12.4. The number of hydrogen-bond acceptors (Lipinski definition) is 1. The molecule has 0 aromatic heterocycles. The molecule has 1 aliphatic heterocycles. The molecule has 0 bridgehead atoms. The average Bonchev–Trinajstić information content (AvgIpc) is 3.19. The van der Waals surface area contributed by atoms with Gasteiger partial charge in [0.25, 0.3) is 0 Å². The number of fused-ring (bicyclic) bond motifs is 8. The van der Waals surface area contributed by atoms with E-state index in [1.165, 1.54) is 32.1 Å². The Morgan fingerprint density at radius 3 is 2.90 bits per heavy atom. The van der Waals surface area contributed by atoms with Crippen molar-refractivity contribution in [3.63, 3.8) is 0 Å². The quantitative estimate of drug-likeness (QED) is 0.678. The lowest BCUT2D eigenvalue weighted by atomic mass is 9.47. The third kappa shape index (κ3) is 1.38. The summed E-state index contributed by atoms with van der Waals surface area (Å²) in [4.78, 5) is 12.4. The Bertz CT molecular complexity index is 552. The fourth-order valence-electron chi connectivity index (χ4n) is 7.00. The van der Waals surface area contributed by atoms with Crippen LogP contribution in [0.2, 0.25) is 0 Å². The predicted octanol–water partition coefficient (Wildman–Crippen LogP) is 3.53. The zero-order valence-corrected chi connectivity index (χ0v) is 13.3. The van der Waals surface area contributed by atoms with E-state index in [-0.39, 0.29) is 5.41 Å². The molecule has 1 N–H and O–H groups in total. The Morgan fingerprint density at radius 1 is 1.19 bits per heavy atom. The van der Waals surface area contributed by atoms with Gasteiger partial charge in [0, 0.05) is 6.54 Å². The van der Waals surface area contributed by atoms with Gasteiger partial charge in [0.15, 0.2) is 0 Å². The van der Waals surface area contributed by atoms with Gasteiger partial charge in [0.1, 0.15) is 0 Å². The van der Waals surface area contributed by atoms with Gasteiger partial charge in [-0.05, 0) is 73.5 Å². The third-order valence-electron chi connectivity index (χ3n) is 8.20. The first-order chi connectivity index (χ1) is 10.1. The van der Waals surface area contributed by atoms with Gasteiger partial charge >= 0.3 is 0 Å². The topological polar surface area (TPSA) is 29.1 Å². The van der Waals surface area contributed by atoms with E-state index < -0.39 is 0 Å². The van der Waals surface area contributed by atoms with Gasteiger partial charge in [-0.25, -0.2) is 0 Å². The zero-order valence-electron chi connectivity index (χ0n) is 13.3. The molecule has 7 atom stereocenters. The molecule has 4 aliphatic carbocycles. The first-order valence-corrected chi connectivity index (χ1v) is 9.04. The lowest BCUT2D eigenvalue weighted by Gasteiger charge is -2.56. The molecule has 21 heavy (non-hydrogen) atoms. The van der Waals surface area contributed by atoms with Crippen LogP contribution < -0.4 is 5.32 Å². The van der Waals surface area contributed by atoms with Crippen LogP contribution in [0.5, 0.6) is 0 Å². The smallest absolute Gasteiger partial charge is 0.226 e. The molecule has 0 radical (unpaired) electrons. The van der Waals surface area contributed by atoms with Crippen LogP contribution in [-0.2, 0) is 4.79 Å². The first kappa shape index (κ1) is 12.7. The Kier molecular flexibility index (Phi) is 2.27. The van der Waals surface area contributed by atoms with Crippen LogP contribution in [-0.4, -0.2) is 12.5 Å². The van der Waals surface area contributed by atoms with Crippen LogP contribution in [0.1, 0.15) is 52.4 Å². The Labute approximate surface area is 127 Å². The van der Waals surface area contributed by atoms with Crippen molar-refractivity contribution in [1.29, 1.82) is 0 Å². The van der Waals surface area contributed by atoms with E-state index in [4.69, 9.17) is 0 Å². The van der Waals surface area contributed by atoms with Gasteiger partial charge in [-0.15, -0.1) is 0 Å². The van der Waals surface area contributed by atoms with E-state index in [1.807, 2.05) is 5.57 Å². The number of nitrogens with one attached hydrogen (secondary N) is 1. The number of allylic oxidation sites excluding steroid dienone is 2. The van der Waals surface area contributed by atoms with Crippen LogP contribution >= 0.6 is 0 Å². The molecule has 2 heteroatoms. The molecule has 1 heterocycles. The fraction of sp³-hybridized carbons (Fsp3) is 0.842. The summed E-state index contributed by atoms with van der Waals surface area (Å²) in [6, 6.07) is 0. The molecule has 1 saturated heterocycles. The molecule has 0 aromatic rings. The highest BCUT2D eigenvalue weighted by Gasteiger charge is 2.67. The minimum Gasteiger partial charge on any atom is -0.355 e. The normalized spacial score (nSPS) is 57.3. The summed E-state index contributed by atoms with van der Waals surface area (Å²) < 4.78 is 0. The highest BCUT2D eigenvalue weighted by Crippen LogP contribution is 2.72. The largest absolute Gasteiger partial charge is 0.355 e. The molecule has 1 amide bonds. The van der Waals surface area contributed by atoms with Crippen molar-refractivity contribution >= 4 is 5.91 Å². The molecule has 3 saturated carbocycles. The Morgan fingerprint density at radius 2 is 2.05 bits per heavy atom. The van der Waals surface area contributed by atoms with Crippen molar-refractivity contribution in [2.45, 2.75) is 52.4 Å². The molecule has 0 spiro atoms. The SMILES string of the molecule is C[C@]12CCCC=C1[C@@H]1C[C@@H]1[C@@H]1[C@@H]2CC[C@]2(C)C(=O)NC[C@@H]12. The number of carbonyl (C=O) groups is 1. The van der Waals surface area contributed by atoms with Crippen LogP contribution in [0.15, 0.2) is 11.6 Å². The second kappa shape index (κ2) is 3.75. The lowest BCUT2D eigenvalue weighted by Crippen LogP contribution is -2.51. The van der Waals surface area contributed by atoms with E-state index in [2.05, 4.69) is 25.2 Å². The monoisotopic (exact) mass is 285 g/mol. The van der Waals surface area contributed by atoms with E-state index in [9.17, 15) is 4.79 Å². The van der Waals surface area contributed by atoms with Crippen molar-refractivity contribution in [3.8, 4) is 0 Å². The lowest BCUT2D eigenvalue weighted by molar-refractivity contribution is -0.134. The second-order valence-corrected chi connectivity index (χ2v) is 8.93. The minimum atomic E-state index is -0.0550. The summed E-state index contributed by atoms with van der Waals surface area (Å²) in [5, 5.41) is 3.21. The second-order valence-electron chi connectivity index (χ2n) is 8.93. The summed E-state index contributed by atoms with van der Waals surface area (Å²) in [6.07, 6.45) is 10.5. The summed E-state index contributed by atoms with van der Waals surface area (Å²) in [6.45, 7) is 5.77. The fourth-order valence-corrected chi connectivity index (χ4v) is 7.00. The highest BCUT2D eigenvalue weighted by atomic mass is 16.2. The van der Waals surface area contributed by atoms with Crippen molar-refractivity contribution in [1.82, 2.24) is 5.32 Å². The maximum absolute atomic E-state index is 12.4. The number of amides is 1. The summed E-state index contributed by atoms with van der Waals surface area (Å²) >= 11 is 0. The van der Waals surface area contributed by atoms with Crippen LogP contribution in [0.25, 0.3) is 0 Å². The third-order valence-corrected chi connectivity index (χ3v) is 8.20. The van der Waals surface area contributed by atoms with Crippen LogP contribution in [0, 0.1) is 40.4 Å². The van der Waals surface area contributed by atoms with Crippen molar-refractivity contribution < 1.29 is 4.79 Å². The Balaban J connectivity index is 1.59. The van der Waals surface area contributed by atoms with E-state index in [1.54, 1.807) is 0 Å². The molecule has 4 fully saturated rings. The molecule has 2 nitrogen and oxygen atoms in total. The molecule has 114 valence electrons. The van der Waals surface area contributed by atoms with E-state index in [0.29, 0.717) is 17.2 Å². The highest BCUT2D eigenvalue weighted by molar-refractivity contribution is 5.85. The standard InChI is InChI=1S/C19H27NO/c1-18-7-4-3-5-13(18)11-9-12(11)16-14(18)6-8-19(2)15(16)10-20-17(19)21/h5,11-12,14-16H,3-4,6-10H2,1-2H3,(H,20,21)/t11-,12+,14+,15+,16-,18+,19+/m1/s1. The van der Waals surface area contributed by atoms with Crippen molar-refractivity contribution in [2.24, 2.45) is 40.4 Å². The van der Waals surface area contributed by atoms with Gasteiger partial charge < -0.3 is 5.32 Å². The van der Waals surface area contributed by atoms with Gasteiger partial charge in [-0.1, -0.05) is 25.5 Å². The molecule has 5 aliphatic rings. The predicted molar refractivity (Wildman–Crippen MR) is 82.5 cm³/mol. The van der Waals surface area contributed by atoms with E-state index >= 15 is 0 Å². The maximum Gasteiger partial charge on any atom is 0.226 e. The van der Waals surface area contributed by atoms with Gasteiger partial charge in [0.05, 0.1) is 5.41 Å².